The van der Waals surface area contributed by atoms with Crippen LogP contribution in [0.15, 0.2) is 36.4 Å². The van der Waals surface area contributed by atoms with Crippen LogP contribution in [0, 0.1) is 5.82 Å². The van der Waals surface area contributed by atoms with Crippen molar-refractivity contribution in [2.24, 2.45) is 0 Å². The number of rotatable bonds is 7. The number of carbonyl (C=O) groups excluding carboxylic acids is 2. The number of anilines is 2. The summed E-state index contributed by atoms with van der Waals surface area (Å²) < 4.78 is 102. The van der Waals surface area contributed by atoms with E-state index in [0.29, 0.717) is 37.1 Å². The summed E-state index contributed by atoms with van der Waals surface area (Å²) in [6.07, 6.45) is -13.1. The fourth-order valence-corrected chi connectivity index (χ4v) is 4.70. The zero-order valence-electron chi connectivity index (χ0n) is 22.3. The molecule has 2 saturated heterocycles. The molecule has 9 nitrogen and oxygen atoms in total. The second-order valence-corrected chi connectivity index (χ2v) is 9.86. The van der Waals surface area contributed by atoms with Crippen molar-refractivity contribution >= 4 is 23.5 Å². The number of halogens is 7. The third kappa shape index (κ3) is 7.22. The molecule has 1 unspecified atom stereocenters. The summed E-state index contributed by atoms with van der Waals surface area (Å²) in [6.45, 7) is 2.27. The Balaban J connectivity index is 1.66. The number of nitrogens with zero attached hydrogens (tertiary/aromatic N) is 4. The first-order valence-electron chi connectivity index (χ1n) is 12.9. The van der Waals surface area contributed by atoms with Gasteiger partial charge >= 0.3 is 24.5 Å². The summed E-state index contributed by atoms with van der Waals surface area (Å²) in [5, 5.41) is 13.7. The van der Waals surface area contributed by atoms with Crippen molar-refractivity contribution in [3.05, 3.63) is 53.3 Å². The zero-order chi connectivity index (χ0) is 30.8. The number of nitrogens with one attached hydrogen (secondary N) is 1. The van der Waals surface area contributed by atoms with Gasteiger partial charge < -0.3 is 20.1 Å². The Morgan fingerprint density at radius 2 is 1.64 bits per heavy atom. The van der Waals surface area contributed by atoms with Crippen LogP contribution in [0.1, 0.15) is 11.1 Å². The van der Waals surface area contributed by atoms with Crippen molar-refractivity contribution in [1.82, 2.24) is 15.1 Å². The van der Waals surface area contributed by atoms with Crippen LogP contribution in [-0.4, -0.2) is 92.5 Å². The lowest BCUT2D eigenvalue weighted by Gasteiger charge is -2.30. The van der Waals surface area contributed by atoms with Gasteiger partial charge in [-0.15, -0.1) is 0 Å². The molecular formula is C26H28F7N5O4. The van der Waals surface area contributed by atoms with E-state index in [2.05, 4.69) is 5.32 Å². The van der Waals surface area contributed by atoms with Gasteiger partial charge in [0.1, 0.15) is 11.4 Å². The van der Waals surface area contributed by atoms with Gasteiger partial charge in [0.15, 0.2) is 5.75 Å². The molecule has 0 aliphatic carbocycles. The Bertz CT molecular complexity index is 1280. The Hall–Kier alpha value is -3.63. The topological polar surface area (TPSA) is 88.6 Å². The minimum atomic E-state index is -5.41. The van der Waals surface area contributed by atoms with E-state index in [1.165, 1.54) is 0 Å². The van der Waals surface area contributed by atoms with Crippen LogP contribution < -0.4 is 19.9 Å². The van der Waals surface area contributed by atoms with Gasteiger partial charge in [-0.05, 0) is 36.4 Å². The monoisotopic (exact) mass is 607 g/mol. The van der Waals surface area contributed by atoms with E-state index in [1.807, 2.05) is 4.90 Å². The molecule has 0 saturated carbocycles. The molecule has 2 aromatic rings. The van der Waals surface area contributed by atoms with Gasteiger partial charge in [0.05, 0.1) is 17.4 Å². The quantitative estimate of drug-likeness (QED) is 0.463. The van der Waals surface area contributed by atoms with Crippen LogP contribution >= 0.6 is 0 Å². The molecule has 2 aliphatic heterocycles. The number of ether oxygens (including phenoxy) is 1. The number of hydrogen-bond donors (Lipinski definition) is 2. The van der Waals surface area contributed by atoms with Gasteiger partial charge in [-0.3, -0.25) is 14.7 Å². The molecule has 0 bridgehead atoms. The van der Waals surface area contributed by atoms with E-state index in [-0.39, 0.29) is 37.9 Å². The molecule has 0 spiro atoms. The second-order valence-electron chi connectivity index (χ2n) is 9.86. The number of β-amino-alcohol motifs (C(OH)–C–C–N with tert-alkyl or cyclic N) is 1. The highest BCUT2D eigenvalue weighted by molar-refractivity contribution is 5.97. The van der Waals surface area contributed by atoms with E-state index in [9.17, 15) is 45.4 Å². The van der Waals surface area contributed by atoms with Crippen LogP contribution in [0.25, 0.3) is 0 Å². The van der Waals surface area contributed by atoms with Crippen LogP contribution in [0.5, 0.6) is 5.75 Å². The number of amides is 3. The minimum absolute atomic E-state index is 0.0188. The number of alkyl halides is 6. The smallest absolute Gasteiger partial charge is 0.407 e. The molecule has 2 heterocycles. The van der Waals surface area contributed by atoms with E-state index < -0.39 is 59.0 Å². The summed E-state index contributed by atoms with van der Waals surface area (Å²) in [5.74, 6) is -1.95. The normalized spacial score (nSPS) is 17.5. The fourth-order valence-electron chi connectivity index (χ4n) is 4.70. The van der Waals surface area contributed by atoms with E-state index >= 15 is 0 Å². The lowest BCUT2D eigenvalue weighted by Crippen LogP contribution is -2.48. The fraction of sp³-hybridized carbons (Fsp3) is 0.462. The summed E-state index contributed by atoms with van der Waals surface area (Å²) in [6, 6.07) is 3.40. The molecule has 230 valence electrons. The standard InChI is InChI=1S/C26H28F7N5O4/c1-35(18-4-2-17(27)3-5-18)24(41)42-22-20(26(31,32)33)12-16(25(28,29)30)13-21(22)38-11-10-37(23(38)40)15-19(39)14-36-8-6-34-7-9-36/h2-5,12-13,19,34,39H,6-11,14-15H2,1H3. The SMILES string of the molecule is CN(C(=O)Oc1c(N2CCN(CC(O)CN3CCNCC3)C2=O)cc(C(F)(F)F)cc1C(F)(F)F)c1ccc(F)cc1. The number of benzene rings is 2. The van der Waals surface area contributed by atoms with Crippen molar-refractivity contribution in [2.45, 2.75) is 18.5 Å². The summed E-state index contributed by atoms with van der Waals surface area (Å²) in [5.41, 5.74) is -4.52. The first-order chi connectivity index (χ1) is 19.6. The molecule has 0 radical (unpaired) electrons. The third-order valence-electron chi connectivity index (χ3n) is 6.87. The number of aliphatic hydroxyl groups excluding tert-OH is 1. The highest BCUT2D eigenvalue weighted by Gasteiger charge is 2.44. The summed E-state index contributed by atoms with van der Waals surface area (Å²) in [7, 11) is 1.11. The average Bonchev–Trinajstić information content (AvgIpc) is 3.27. The van der Waals surface area contributed by atoms with Crippen molar-refractivity contribution in [1.29, 1.82) is 0 Å². The molecule has 42 heavy (non-hydrogen) atoms. The number of aliphatic hydroxyl groups is 1. The zero-order valence-corrected chi connectivity index (χ0v) is 22.3. The molecule has 2 N–H and O–H groups in total. The van der Waals surface area contributed by atoms with Crippen LogP contribution in [0.2, 0.25) is 0 Å². The number of piperazine rings is 1. The molecule has 0 aromatic heterocycles. The Morgan fingerprint density at radius 1 is 1.00 bits per heavy atom. The molecule has 16 heteroatoms. The average molecular weight is 608 g/mol. The predicted octanol–water partition coefficient (Wildman–Crippen LogP) is 4.01. The Morgan fingerprint density at radius 3 is 2.24 bits per heavy atom. The van der Waals surface area contributed by atoms with Crippen molar-refractivity contribution < 1.29 is 50.2 Å². The lowest BCUT2D eigenvalue weighted by molar-refractivity contribution is -0.143. The summed E-state index contributed by atoms with van der Waals surface area (Å²) >= 11 is 0. The molecule has 2 aromatic carbocycles. The number of urea groups is 1. The highest BCUT2D eigenvalue weighted by Crippen LogP contribution is 2.47. The second kappa shape index (κ2) is 12.3. The molecule has 2 fully saturated rings. The van der Waals surface area contributed by atoms with E-state index in [4.69, 9.17) is 4.74 Å². The van der Waals surface area contributed by atoms with Crippen molar-refractivity contribution in [2.75, 3.05) is 69.2 Å². The van der Waals surface area contributed by atoms with Gasteiger partial charge in [0.2, 0.25) is 0 Å². The molecular weight excluding hydrogens is 579 g/mol. The molecule has 4 rings (SSSR count). The van der Waals surface area contributed by atoms with Gasteiger partial charge in [-0.2, -0.15) is 26.3 Å². The molecule has 3 amide bonds. The van der Waals surface area contributed by atoms with Gasteiger partial charge in [-0.1, -0.05) is 0 Å². The first-order valence-corrected chi connectivity index (χ1v) is 12.9. The number of hydrogen-bond acceptors (Lipinski definition) is 6. The van der Waals surface area contributed by atoms with Crippen molar-refractivity contribution in [3.8, 4) is 5.75 Å². The van der Waals surface area contributed by atoms with Gasteiger partial charge in [0.25, 0.3) is 0 Å². The van der Waals surface area contributed by atoms with Crippen LogP contribution in [-0.2, 0) is 12.4 Å². The molecule has 2 aliphatic rings. The van der Waals surface area contributed by atoms with Gasteiger partial charge in [-0.25, -0.2) is 14.0 Å². The maximum absolute atomic E-state index is 14.1. The largest absolute Gasteiger partial charge is 0.420 e. The Kier molecular flexibility index (Phi) is 9.18. The predicted molar refractivity (Wildman–Crippen MR) is 137 cm³/mol. The maximum atomic E-state index is 14.1. The van der Waals surface area contributed by atoms with Crippen LogP contribution in [0.4, 0.5) is 51.7 Å². The van der Waals surface area contributed by atoms with Gasteiger partial charge in [0, 0.05) is 65.1 Å². The lowest BCUT2D eigenvalue weighted by atomic mass is 10.1. The molecule has 1 atom stereocenters. The first kappa shape index (κ1) is 31.3. The van der Waals surface area contributed by atoms with Crippen LogP contribution in [0.3, 0.4) is 0 Å². The Labute approximate surface area is 236 Å². The van der Waals surface area contributed by atoms with E-state index in [1.54, 1.807) is 0 Å². The highest BCUT2D eigenvalue weighted by atomic mass is 19.4. The third-order valence-corrected chi connectivity index (χ3v) is 6.87. The van der Waals surface area contributed by atoms with Crippen molar-refractivity contribution in [3.63, 3.8) is 0 Å². The maximum Gasteiger partial charge on any atom is 0.420 e. The minimum Gasteiger partial charge on any atom is -0.407 e. The van der Waals surface area contributed by atoms with E-state index in [0.717, 1.165) is 41.1 Å². The summed E-state index contributed by atoms with van der Waals surface area (Å²) in [4.78, 5) is 30.6. The number of carbonyl (C=O) groups is 2.